The first kappa shape index (κ1) is 17.3. The zero-order chi connectivity index (χ0) is 14.5. The summed E-state index contributed by atoms with van der Waals surface area (Å²) >= 11 is 5.88. The molecule has 0 unspecified atom stereocenters. The third-order valence-electron chi connectivity index (χ3n) is 4.01. The molecule has 22 heavy (non-hydrogen) atoms. The van der Waals surface area contributed by atoms with E-state index in [0.717, 1.165) is 54.2 Å². The summed E-state index contributed by atoms with van der Waals surface area (Å²) < 4.78 is 5.35. The van der Waals surface area contributed by atoms with Crippen LogP contribution in [0.5, 0.6) is 0 Å². The molecule has 0 spiro atoms. The zero-order valence-corrected chi connectivity index (χ0v) is 14.0. The molecule has 2 aromatic rings. The highest BCUT2D eigenvalue weighted by Crippen LogP contribution is 2.18. The topological polar surface area (TPSA) is 51.0 Å². The molecular weight excluding hydrogens is 321 g/mol. The van der Waals surface area contributed by atoms with Gasteiger partial charge in [-0.15, -0.1) is 12.4 Å². The van der Waals surface area contributed by atoms with Gasteiger partial charge in [-0.05, 0) is 56.0 Å². The summed E-state index contributed by atoms with van der Waals surface area (Å²) in [5.41, 5.74) is 1.14. The number of aryl methyl sites for hydroxylation is 1. The summed E-state index contributed by atoms with van der Waals surface area (Å²) in [7, 11) is 0. The third-order valence-corrected chi connectivity index (χ3v) is 4.26. The van der Waals surface area contributed by atoms with Crippen LogP contribution in [0.1, 0.15) is 36.5 Å². The van der Waals surface area contributed by atoms with Crippen molar-refractivity contribution in [3.05, 3.63) is 46.6 Å². The second-order valence-corrected chi connectivity index (χ2v) is 6.08. The maximum absolute atomic E-state index is 5.88. The van der Waals surface area contributed by atoms with Crippen LogP contribution in [0.25, 0.3) is 0 Å². The van der Waals surface area contributed by atoms with Crippen LogP contribution >= 0.6 is 24.0 Å². The van der Waals surface area contributed by atoms with Gasteiger partial charge < -0.3 is 9.84 Å². The lowest BCUT2D eigenvalue weighted by atomic mass is 9.93. The second-order valence-electron chi connectivity index (χ2n) is 5.64. The van der Waals surface area contributed by atoms with Crippen LogP contribution in [0.4, 0.5) is 0 Å². The van der Waals surface area contributed by atoms with Crippen LogP contribution in [-0.4, -0.2) is 23.2 Å². The first-order chi connectivity index (χ1) is 10.3. The number of benzene rings is 1. The molecule has 3 rings (SSSR count). The maximum atomic E-state index is 5.88. The molecule has 120 valence electrons. The van der Waals surface area contributed by atoms with E-state index in [-0.39, 0.29) is 12.4 Å². The molecule has 0 aliphatic carbocycles. The van der Waals surface area contributed by atoms with E-state index in [4.69, 9.17) is 16.1 Å². The Hall–Kier alpha value is -1.10. The maximum Gasteiger partial charge on any atom is 0.226 e. The van der Waals surface area contributed by atoms with Gasteiger partial charge in [0, 0.05) is 17.9 Å². The van der Waals surface area contributed by atoms with Crippen molar-refractivity contribution in [2.75, 3.05) is 13.1 Å². The molecule has 1 aromatic carbocycles. The molecule has 2 heterocycles. The Morgan fingerprint density at radius 3 is 2.64 bits per heavy atom. The SMILES string of the molecule is Cl.Clc1ccc(Cc2noc(CCC3CCNCC3)n2)cc1. The Labute approximate surface area is 142 Å². The minimum Gasteiger partial charge on any atom is -0.339 e. The van der Waals surface area contributed by atoms with Crippen LogP contribution < -0.4 is 5.32 Å². The van der Waals surface area contributed by atoms with Crippen LogP contribution in [0.15, 0.2) is 28.8 Å². The largest absolute Gasteiger partial charge is 0.339 e. The first-order valence-corrected chi connectivity index (χ1v) is 7.94. The van der Waals surface area contributed by atoms with Gasteiger partial charge in [-0.2, -0.15) is 4.98 Å². The van der Waals surface area contributed by atoms with E-state index in [1.165, 1.54) is 12.8 Å². The molecule has 1 N–H and O–H groups in total. The minimum absolute atomic E-state index is 0. The number of nitrogens with zero attached hydrogens (tertiary/aromatic N) is 2. The van der Waals surface area contributed by atoms with Crippen molar-refractivity contribution in [3.8, 4) is 0 Å². The Bertz CT molecular complexity index is 565. The van der Waals surface area contributed by atoms with Crippen molar-refractivity contribution in [2.45, 2.75) is 32.1 Å². The molecule has 1 aromatic heterocycles. The number of rotatable bonds is 5. The number of aromatic nitrogens is 2. The summed E-state index contributed by atoms with van der Waals surface area (Å²) in [6, 6.07) is 7.75. The second kappa shape index (κ2) is 8.51. The Balaban J connectivity index is 0.00000176. The monoisotopic (exact) mass is 341 g/mol. The van der Waals surface area contributed by atoms with E-state index in [2.05, 4.69) is 15.5 Å². The average Bonchev–Trinajstić information content (AvgIpc) is 2.96. The van der Waals surface area contributed by atoms with Gasteiger partial charge in [0.1, 0.15) is 0 Å². The minimum atomic E-state index is 0. The quantitative estimate of drug-likeness (QED) is 0.901. The lowest BCUT2D eigenvalue weighted by Gasteiger charge is -2.21. The summed E-state index contributed by atoms with van der Waals surface area (Å²) in [4.78, 5) is 4.49. The van der Waals surface area contributed by atoms with Crippen molar-refractivity contribution in [1.29, 1.82) is 0 Å². The molecule has 1 aliphatic heterocycles. The van der Waals surface area contributed by atoms with Crippen LogP contribution in [0, 0.1) is 5.92 Å². The van der Waals surface area contributed by atoms with E-state index in [1.807, 2.05) is 24.3 Å². The van der Waals surface area contributed by atoms with Gasteiger partial charge in [0.15, 0.2) is 5.82 Å². The van der Waals surface area contributed by atoms with Gasteiger partial charge >= 0.3 is 0 Å². The number of hydrogen-bond acceptors (Lipinski definition) is 4. The highest BCUT2D eigenvalue weighted by molar-refractivity contribution is 6.30. The summed E-state index contributed by atoms with van der Waals surface area (Å²) in [6.45, 7) is 2.27. The smallest absolute Gasteiger partial charge is 0.226 e. The first-order valence-electron chi connectivity index (χ1n) is 7.56. The molecule has 4 nitrogen and oxygen atoms in total. The Kier molecular flexibility index (Phi) is 6.68. The highest BCUT2D eigenvalue weighted by atomic mass is 35.5. The lowest BCUT2D eigenvalue weighted by Crippen LogP contribution is -2.27. The van der Waals surface area contributed by atoms with E-state index < -0.39 is 0 Å². The molecular formula is C16H21Cl2N3O. The Morgan fingerprint density at radius 1 is 1.18 bits per heavy atom. The Morgan fingerprint density at radius 2 is 1.91 bits per heavy atom. The van der Waals surface area contributed by atoms with Gasteiger partial charge in [-0.1, -0.05) is 28.9 Å². The number of piperidine rings is 1. The molecule has 0 bridgehead atoms. The summed E-state index contributed by atoms with van der Waals surface area (Å²) in [5.74, 6) is 2.30. The fraction of sp³-hybridized carbons (Fsp3) is 0.500. The standard InChI is InChI=1S/C16H20ClN3O.ClH/c17-14-4-1-13(2-5-14)11-15-19-16(21-20-15)6-3-12-7-9-18-10-8-12;/h1-2,4-5,12,18H,3,6-11H2;1H. The van der Waals surface area contributed by atoms with Crippen LogP contribution in [0.3, 0.4) is 0 Å². The van der Waals surface area contributed by atoms with E-state index in [0.29, 0.717) is 6.42 Å². The van der Waals surface area contributed by atoms with Gasteiger partial charge in [0.2, 0.25) is 5.89 Å². The highest BCUT2D eigenvalue weighted by Gasteiger charge is 2.15. The predicted molar refractivity (Wildman–Crippen MR) is 89.7 cm³/mol. The van der Waals surface area contributed by atoms with Crippen LogP contribution in [0.2, 0.25) is 5.02 Å². The predicted octanol–water partition coefficient (Wildman–Crippen LogP) is 3.67. The van der Waals surface area contributed by atoms with E-state index in [1.54, 1.807) is 0 Å². The van der Waals surface area contributed by atoms with Gasteiger partial charge in [0.25, 0.3) is 0 Å². The van der Waals surface area contributed by atoms with Crippen molar-refractivity contribution in [2.24, 2.45) is 5.92 Å². The van der Waals surface area contributed by atoms with Crippen molar-refractivity contribution >= 4 is 24.0 Å². The fourth-order valence-corrected chi connectivity index (χ4v) is 2.87. The lowest BCUT2D eigenvalue weighted by molar-refractivity contribution is 0.323. The van der Waals surface area contributed by atoms with Gasteiger partial charge in [-0.25, -0.2) is 0 Å². The average molecular weight is 342 g/mol. The normalized spacial score (nSPS) is 15.5. The van der Waals surface area contributed by atoms with Crippen LogP contribution in [-0.2, 0) is 12.8 Å². The van der Waals surface area contributed by atoms with Crippen molar-refractivity contribution in [1.82, 2.24) is 15.5 Å². The zero-order valence-electron chi connectivity index (χ0n) is 12.4. The van der Waals surface area contributed by atoms with Gasteiger partial charge in [-0.3, -0.25) is 0 Å². The molecule has 1 saturated heterocycles. The van der Waals surface area contributed by atoms with E-state index >= 15 is 0 Å². The molecule has 0 amide bonds. The molecule has 1 aliphatic rings. The molecule has 1 fully saturated rings. The van der Waals surface area contributed by atoms with Gasteiger partial charge in [0.05, 0.1) is 0 Å². The summed E-state index contributed by atoms with van der Waals surface area (Å²) in [5, 5.41) is 8.20. The fourth-order valence-electron chi connectivity index (χ4n) is 2.75. The summed E-state index contributed by atoms with van der Waals surface area (Å²) in [6.07, 6.45) is 5.23. The molecule has 0 atom stereocenters. The van der Waals surface area contributed by atoms with Crippen molar-refractivity contribution in [3.63, 3.8) is 0 Å². The third kappa shape index (κ3) is 4.97. The molecule has 0 radical (unpaired) electrons. The van der Waals surface area contributed by atoms with Crippen molar-refractivity contribution < 1.29 is 4.52 Å². The number of hydrogen-bond donors (Lipinski definition) is 1. The molecule has 6 heteroatoms. The number of halogens is 2. The van der Waals surface area contributed by atoms with E-state index in [9.17, 15) is 0 Å². The molecule has 0 saturated carbocycles. The number of nitrogens with one attached hydrogen (secondary N) is 1.